The lowest BCUT2D eigenvalue weighted by Gasteiger charge is -2.45. The molecule has 20 heavy (non-hydrogen) atoms. The smallest absolute Gasteiger partial charge is 0.223 e. The van der Waals surface area contributed by atoms with E-state index in [1.165, 1.54) is 19.3 Å². The van der Waals surface area contributed by atoms with E-state index in [1.807, 2.05) is 4.90 Å². The summed E-state index contributed by atoms with van der Waals surface area (Å²) in [4.78, 5) is 13.8. The molecule has 3 nitrogen and oxygen atoms in total. The van der Waals surface area contributed by atoms with Gasteiger partial charge in [0.05, 0.1) is 12.1 Å². The van der Waals surface area contributed by atoms with Crippen LogP contribution in [-0.4, -0.2) is 34.6 Å². The monoisotopic (exact) mass is 279 g/mol. The van der Waals surface area contributed by atoms with Crippen LogP contribution < -0.4 is 0 Å². The Morgan fingerprint density at radius 3 is 2.75 bits per heavy atom. The van der Waals surface area contributed by atoms with E-state index in [1.54, 1.807) is 0 Å². The van der Waals surface area contributed by atoms with Crippen molar-refractivity contribution < 1.29 is 9.90 Å². The Morgan fingerprint density at radius 2 is 2.20 bits per heavy atom. The third-order valence-electron chi connectivity index (χ3n) is 5.32. The molecule has 1 heterocycles. The van der Waals surface area contributed by atoms with Gasteiger partial charge in [0, 0.05) is 13.0 Å². The van der Waals surface area contributed by atoms with E-state index in [2.05, 4.69) is 26.0 Å². The molecule has 0 aromatic carbocycles. The normalized spacial score (nSPS) is 27.1. The molecule has 1 aliphatic heterocycles. The van der Waals surface area contributed by atoms with Gasteiger partial charge in [0.15, 0.2) is 0 Å². The Hall–Kier alpha value is -0.830. The second-order valence-corrected chi connectivity index (χ2v) is 6.44. The number of likely N-dealkylation sites (tertiary alicyclic amines) is 1. The standard InChI is InChI=1S/C17H29NO2/c1-3-13-18-14(9-10-16(18)20)7-5-8-15(19)17(4-2)11-6-12-17/h5,7,14-15,19H,3-4,6,8-13H2,1-2H3/b7-5+/t14-,15-/m0/s1. The van der Waals surface area contributed by atoms with E-state index in [0.29, 0.717) is 6.42 Å². The van der Waals surface area contributed by atoms with Crippen LogP contribution in [0.1, 0.15) is 65.2 Å². The molecule has 0 spiro atoms. The van der Waals surface area contributed by atoms with Crippen molar-refractivity contribution in [3.63, 3.8) is 0 Å². The van der Waals surface area contributed by atoms with Crippen molar-refractivity contribution in [2.75, 3.05) is 6.54 Å². The van der Waals surface area contributed by atoms with Crippen molar-refractivity contribution in [3.05, 3.63) is 12.2 Å². The van der Waals surface area contributed by atoms with Gasteiger partial charge in [0.25, 0.3) is 0 Å². The second-order valence-electron chi connectivity index (χ2n) is 6.44. The SMILES string of the molecule is CCCN1C(=O)CC[C@@H]1/C=C/C[C@H](O)C1(CC)CCC1. The van der Waals surface area contributed by atoms with E-state index < -0.39 is 0 Å². The van der Waals surface area contributed by atoms with Gasteiger partial charge >= 0.3 is 0 Å². The summed E-state index contributed by atoms with van der Waals surface area (Å²) < 4.78 is 0. The average Bonchev–Trinajstić information content (AvgIpc) is 2.71. The fourth-order valence-corrected chi connectivity index (χ4v) is 3.66. The maximum absolute atomic E-state index is 11.8. The number of rotatable bonds is 7. The molecule has 1 amide bonds. The molecule has 1 N–H and O–H groups in total. The summed E-state index contributed by atoms with van der Waals surface area (Å²) in [6.07, 6.45) is 12.1. The Morgan fingerprint density at radius 1 is 1.45 bits per heavy atom. The molecular weight excluding hydrogens is 250 g/mol. The lowest BCUT2D eigenvalue weighted by Crippen LogP contribution is -2.40. The number of amides is 1. The Kier molecular flexibility index (Phi) is 5.25. The fourth-order valence-electron chi connectivity index (χ4n) is 3.66. The predicted octanol–water partition coefficient (Wildman–Crippen LogP) is 3.27. The molecule has 0 bridgehead atoms. The highest BCUT2D eigenvalue weighted by Crippen LogP contribution is 2.47. The molecular formula is C17H29NO2. The van der Waals surface area contributed by atoms with Crippen molar-refractivity contribution in [1.29, 1.82) is 0 Å². The molecule has 0 aromatic heterocycles. The third-order valence-corrected chi connectivity index (χ3v) is 5.32. The molecule has 0 aromatic rings. The van der Waals surface area contributed by atoms with Gasteiger partial charge in [0.1, 0.15) is 0 Å². The van der Waals surface area contributed by atoms with E-state index in [0.717, 1.165) is 32.2 Å². The molecule has 1 aliphatic carbocycles. The van der Waals surface area contributed by atoms with Crippen LogP contribution in [0.15, 0.2) is 12.2 Å². The molecule has 1 saturated carbocycles. The number of carbonyl (C=O) groups is 1. The first kappa shape index (κ1) is 15.6. The highest BCUT2D eigenvalue weighted by Gasteiger charge is 2.41. The Bertz CT molecular complexity index is 354. The van der Waals surface area contributed by atoms with Crippen LogP contribution in [0.5, 0.6) is 0 Å². The van der Waals surface area contributed by atoms with Gasteiger partial charge in [-0.15, -0.1) is 0 Å². The molecule has 3 heteroatoms. The Balaban J connectivity index is 1.85. The zero-order valence-electron chi connectivity index (χ0n) is 13.0. The molecule has 0 radical (unpaired) electrons. The number of hydrogen-bond acceptors (Lipinski definition) is 2. The van der Waals surface area contributed by atoms with Gasteiger partial charge in [-0.1, -0.05) is 32.4 Å². The maximum Gasteiger partial charge on any atom is 0.223 e. The zero-order chi connectivity index (χ0) is 14.6. The molecule has 2 atom stereocenters. The number of nitrogens with zero attached hydrogens (tertiary/aromatic N) is 1. The highest BCUT2D eigenvalue weighted by atomic mass is 16.3. The number of carbonyl (C=O) groups excluding carboxylic acids is 1. The Labute approximate surface area is 123 Å². The van der Waals surface area contributed by atoms with Crippen LogP contribution in [-0.2, 0) is 4.79 Å². The van der Waals surface area contributed by atoms with Crippen LogP contribution in [0.25, 0.3) is 0 Å². The minimum absolute atomic E-state index is 0.180. The van der Waals surface area contributed by atoms with Gasteiger partial charge in [-0.05, 0) is 43.9 Å². The molecule has 0 unspecified atom stereocenters. The van der Waals surface area contributed by atoms with Crippen molar-refractivity contribution in [3.8, 4) is 0 Å². The fraction of sp³-hybridized carbons (Fsp3) is 0.824. The van der Waals surface area contributed by atoms with Crippen LogP contribution in [0.2, 0.25) is 0 Å². The van der Waals surface area contributed by atoms with Crippen molar-refractivity contribution in [1.82, 2.24) is 4.90 Å². The summed E-state index contributed by atoms with van der Waals surface area (Å²) in [5, 5.41) is 10.4. The second kappa shape index (κ2) is 6.75. The third kappa shape index (κ3) is 3.08. The van der Waals surface area contributed by atoms with Crippen molar-refractivity contribution in [2.24, 2.45) is 5.41 Å². The van der Waals surface area contributed by atoms with Gasteiger partial charge in [0.2, 0.25) is 5.91 Å². The summed E-state index contributed by atoms with van der Waals surface area (Å²) in [5.41, 5.74) is 0.180. The van der Waals surface area contributed by atoms with Crippen LogP contribution in [0, 0.1) is 5.41 Å². The highest BCUT2D eigenvalue weighted by molar-refractivity contribution is 5.79. The van der Waals surface area contributed by atoms with Crippen LogP contribution >= 0.6 is 0 Å². The summed E-state index contributed by atoms with van der Waals surface area (Å²) >= 11 is 0. The summed E-state index contributed by atoms with van der Waals surface area (Å²) in [6.45, 7) is 5.15. The van der Waals surface area contributed by atoms with Crippen LogP contribution in [0.4, 0.5) is 0 Å². The quantitative estimate of drug-likeness (QED) is 0.727. The number of aliphatic hydroxyl groups is 1. The van der Waals surface area contributed by atoms with Gasteiger partial charge in [-0.3, -0.25) is 4.79 Å². The minimum atomic E-state index is -0.214. The predicted molar refractivity (Wildman–Crippen MR) is 81.4 cm³/mol. The first-order valence-electron chi connectivity index (χ1n) is 8.27. The maximum atomic E-state index is 11.8. The van der Waals surface area contributed by atoms with Gasteiger partial charge in [-0.25, -0.2) is 0 Å². The summed E-state index contributed by atoms with van der Waals surface area (Å²) in [5.74, 6) is 0.283. The average molecular weight is 279 g/mol. The van der Waals surface area contributed by atoms with E-state index in [-0.39, 0.29) is 23.5 Å². The van der Waals surface area contributed by atoms with E-state index in [9.17, 15) is 9.90 Å². The number of hydrogen-bond donors (Lipinski definition) is 1. The molecule has 114 valence electrons. The zero-order valence-corrected chi connectivity index (χ0v) is 13.0. The van der Waals surface area contributed by atoms with Gasteiger partial charge in [-0.2, -0.15) is 0 Å². The topological polar surface area (TPSA) is 40.5 Å². The van der Waals surface area contributed by atoms with E-state index >= 15 is 0 Å². The van der Waals surface area contributed by atoms with Gasteiger partial charge < -0.3 is 10.0 Å². The molecule has 2 aliphatic rings. The molecule has 2 rings (SSSR count). The first-order valence-corrected chi connectivity index (χ1v) is 8.27. The minimum Gasteiger partial charge on any atom is -0.392 e. The van der Waals surface area contributed by atoms with Crippen molar-refractivity contribution >= 4 is 5.91 Å². The van der Waals surface area contributed by atoms with Crippen LogP contribution in [0.3, 0.4) is 0 Å². The molecule has 1 saturated heterocycles. The van der Waals surface area contributed by atoms with E-state index in [4.69, 9.17) is 0 Å². The summed E-state index contributed by atoms with van der Waals surface area (Å²) in [6, 6.07) is 0.258. The largest absolute Gasteiger partial charge is 0.392 e. The first-order chi connectivity index (χ1) is 9.63. The molecule has 2 fully saturated rings. The number of aliphatic hydroxyl groups excluding tert-OH is 1. The lowest BCUT2D eigenvalue weighted by molar-refractivity contribution is -0.128. The lowest BCUT2D eigenvalue weighted by atomic mass is 9.63. The summed E-state index contributed by atoms with van der Waals surface area (Å²) in [7, 11) is 0. The van der Waals surface area contributed by atoms with Crippen molar-refractivity contribution in [2.45, 2.75) is 77.4 Å².